The second-order valence-electron chi connectivity index (χ2n) is 3.25. The van der Waals surface area contributed by atoms with Crippen LogP contribution in [0.25, 0.3) is 21.8 Å². The molecular weight excluding hydrogens is 172 g/mol. The third-order valence-corrected chi connectivity index (χ3v) is 2.47. The lowest BCUT2D eigenvalue weighted by Crippen LogP contribution is -2.06. The molecule has 2 aromatic carbocycles. The topological polar surface area (TPSA) is 30.9 Å². The van der Waals surface area contributed by atoms with Crippen molar-refractivity contribution in [2.45, 2.75) is 0 Å². The van der Waals surface area contributed by atoms with Crippen LogP contribution >= 0.6 is 0 Å². The van der Waals surface area contributed by atoms with Crippen LogP contribution in [0.15, 0.2) is 36.4 Å². The van der Waals surface area contributed by atoms with Gasteiger partial charge >= 0.3 is 0 Å². The minimum absolute atomic E-state index is 0.991. The van der Waals surface area contributed by atoms with Gasteiger partial charge in [0, 0.05) is 5.39 Å². The standard InChI is InChI=1S/C12H8N2/c13-14-11-7-3-1-5-9(11)10-6-2-4-8-12(10)14/h1,3-5,7-8H,13H2. The number of hydrogen-bond donors (Lipinski definition) is 1. The van der Waals surface area contributed by atoms with Gasteiger partial charge in [0.1, 0.15) is 0 Å². The fraction of sp³-hybridized carbons (Fsp3) is 0. The van der Waals surface area contributed by atoms with E-state index in [9.17, 15) is 0 Å². The van der Waals surface area contributed by atoms with Gasteiger partial charge in [-0.15, -0.1) is 0 Å². The highest BCUT2D eigenvalue weighted by molar-refractivity contribution is 6.07. The SMILES string of the molecule is Nn1c2ccc#cc2c2ccccc21. The molecule has 0 saturated heterocycles. The number of nitrogens with zero attached hydrogens (tertiary/aromatic N) is 1. The summed E-state index contributed by atoms with van der Waals surface area (Å²) in [7, 11) is 0. The summed E-state index contributed by atoms with van der Waals surface area (Å²) in [4.78, 5) is 0. The van der Waals surface area contributed by atoms with Crippen LogP contribution < -0.4 is 5.84 Å². The van der Waals surface area contributed by atoms with Gasteiger partial charge in [0.05, 0.1) is 16.4 Å². The van der Waals surface area contributed by atoms with Crippen LogP contribution in [0, 0.1) is 12.1 Å². The lowest BCUT2D eigenvalue weighted by Gasteiger charge is -1.95. The molecule has 0 aliphatic rings. The number of para-hydroxylation sites is 1. The molecule has 0 spiro atoms. The second-order valence-corrected chi connectivity index (χ2v) is 3.25. The van der Waals surface area contributed by atoms with Crippen molar-refractivity contribution in [3.05, 3.63) is 48.5 Å². The number of fused-ring (bicyclic) bond motifs is 3. The van der Waals surface area contributed by atoms with Crippen LogP contribution in [-0.4, -0.2) is 4.68 Å². The minimum atomic E-state index is 0.991. The molecule has 0 radical (unpaired) electrons. The molecule has 0 saturated carbocycles. The van der Waals surface area contributed by atoms with E-state index in [0.717, 1.165) is 21.8 Å². The highest BCUT2D eigenvalue weighted by atomic mass is 15.3. The molecular formula is C12H8N2. The minimum Gasteiger partial charge on any atom is -0.339 e. The maximum Gasteiger partial charge on any atom is 0.0794 e. The average Bonchev–Trinajstić information content (AvgIpc) is 2.55. The largest absolute Gasteiger partial charge is 0.339 e. The van der Waals surface area contributed by atoms with Crippen LogP contribution in [0.1, 0.15) is 0 Å². The summed E-state index contributed by atoms with van der Waals surface area (Å²) in [6.45, 7) is 0. The number of nitrogens with two attached hydrogens (primary N) is 1. The van der Waals surface area contributed by atoms with E-state index in [4.69, 9.17) is 5.84 Å². The molecule has 3 aromatic rings. The Bertz CT molecular complexity index is 555. The van der Waals surface area contributed by atoms with Gasteiger partial charge in [0.25, 0.3) is 0 Å². The monoisotopic (exact) mass is 180 g/mol. The number of rotatable bonds is 0. The average molecular weight is 180 g/mol. The lowest BCUT2D eigenvalue weighted by molar-refractivity contribution is 1.12. The molecule has 0 bridgehead atoms. The molecule has 0 unspecified atom stereocenters. The molecule has 0 atom stereocenters. The van der Waals surface area contributed by atoms with E-state index in [1.165, 1.54) is 0 Å². The van der Waals surface area contributed by atoms with Gasteiger partial charge < -0.3 is 5.84 Å². The Morgan fingerprint density at radius 2 is 1.93 bits per heavy atom. The van der Waals surface area contributed by atoms with Gasteiger partial charge in [0.15, 0.2) is 0 Å². The van der Waals surface area contributed by atoms with Crippen molar-refractivity contribution in [3.63, 3.8) is 0 Å². The molecule has 0 amide bonds. The van der Waals surface area contributed by atoms with Crippen molar-refractivity contribution in [2.24, 2.45) is 0 Å². The van der Waals surface area contributed by atoms with Gasteiger partial charge in [-0.05, 0) is 18.2 Å². The van der Waals surface area contributed by atoms with Crippen molar-refractivity contribution in [3.8, 4) is 0 Å². The Morgan fingerprint density at radius 3 is 2.86 bits per heavy atom. The van der Waals surface area contributed by atoms with E-state index in [2.05, 4.69) is 12.1 Å². The number of benzene rings is 1. The van der Waals surface area contributed by atoms with Crippen LogP contribution in [0.3, 0.4) is 0 Å². The fourth-order valence-corrected chi connectivity index (χ4v) is 1.81. The molecule has 2 heteroatoms. The van der Waals surface area contributed by atoms with Crippen molar-refractivity contribution < 1.29 is 0 Å². The van der Waals surface area contributed by atoms with E-state index in [-0.39, 0.29) is 0 Å². The summed E-state index contributed by atoms with van der Waals surface area (Å²) in [5, 5.41) is 2.16. The Morgan fingerprint density at radius 1 is 1.07 bits per heavy atom. The van der Waals surface area contributed by atoms with Crippen LogP contribution in [0.5, 0.6) is 0 Å². The van der Waals surface area contributed by atoms with Crippen molar-refractivity contribution in [1.82, 2.24) is 4.68 Å². The Balaban J connectivity index is 2.69. The smallest absolute Gasteiger partial charge is 0.0794 e. The quantitative estimate of drug-likeness (QED) is 0.528. The Labute approximate surface area is 81.5 Å². The predicted octanol–water partition coefficient (Wildman–Crippen LogP) is 2.11. The van der Waals surface area contributed by atoms with Gasteiger partial charge in [-0.3, -0.25) is 4.68 Å². The zero-order valence-corrected chi connectivity index (χ0v) is 7.49. The van der Waals surface area contributed by atoms with Gasteiger partial charge in [-0.2, -0.15) is 0 Å². The first kappa shape index (κ1) is 7.28. The third-order valence-electron chi connectivity index (χ3n) is 2.47. The van der Waals surface area contributed by atoms with Gasteiger partial charge in [0.2, 0.25) is 0 Å². The second kappa shape index (κ2) is 2.43. The summed E-state index contributed by atoms with van der Waals surface area (Å²) in [5.41, 5.74) is 2.02. The predicted molar refractivity (Wildman–Crippen MR) is 57.3 cm³/mol. The van der Waals surface area contributed by atoms with E-state index < -0.39 is 0 Å². The molecule has 14 heavy (non-hydrogen) atoms. The fourth-order valence-electron chi connectivity index (χ4n) is 1.81. The van der Waals surface area contributed by atoms with Crippen LogP contribution in [0.2, 0.25) is 0 Å². The third kappa shape index (κ3) is 0.763. The zero-order chi connectivity index (χ0) is 9.54. The van der Waals surface area contributed by atoms with E-state index in [0.29, 0.717) is 0 Å². The van der Waals surface area contributed by atoms with Crippen LogP contribution in [-0.2, 0) is 0 Å². The summed E-state index contributed by atoms with van der Waals surface area (Å²) >= 11 is 0. The summed E-state index contributed by atoms with van der Waals surface area (Å²) in [6.07, 6.45) is 0. The molecule has 2 N–H and O–H groups in total. The van der Waals surface area contributed by atoms with Gasteiger partial charge in [-0.25, -0.2) is 0 Å². The van der Waals surface area contributed by atoms with E-state index in [1.807, 2.05) is 36.4 Å². The van der Waals surface area contributed by atoms with Gasteiger partial charge in [-0.1, -0.05) is 30.3 Å². The Kier molecular flexibility index (Phi) is 1.26. The zero-order valence-electron chi connectivity index (χ0n) is 7.49. The molecule has 66 valence electrons. The number of nitrogen functional groups attached to an aromatic ring is 1. The molecule has 3 rings (SSSR count). The molecule has 0 fully saturated rings. The first-order valence-electron chi connectivity index (χ1n) is 4.44. The first-order chi connectivity index (χ1) is 6.88. The molecule has 2 nitrogen and oxygen atoms in total. The molecule has 0 aliphatic carbocycles. The highest BCUT2D eigenvalue weighted by Crippen LogP contribution is 2.24. The van der Waals surface area contributed by atoms with E-state index >= 15 is 0 Å². The maximum absolute atomic E-state index is 5.96. The normalized spacial score (nSPS) is 10.6. The lowest BCUT2D eigenvalue weighted by atomic mass is 10.2. The van der Waals surface area contributed by atoms with Crippen LogP contribution in [0.4, 0.5) is 0 Å². The van der Waals surface area contributed by atoms with Crippen molar-refractivity contribution in [2.75, 3.05) is 5.84 Å². The molecule has 0 aliphatic heterocycles. The first-order valence-corrected chi connectivity index (χ1v) is 4.44. The molecule has 1 heterocycles. The van der Waals surface area contributed by atoms with E-state index in [1.54, 1.807) is 4.68 Å². The Hall–Kier alpha value is -2.14. The summed E-state index contributed by atoms with van der Waals surface area (Å²) in [6, 6.07) is 17.8. The number of hydrogen-bond acceptors (Lipinski definition) is 1. The number of aromatic nitrogens is 1. The summed E-state index contributed by atoms with van der Waals surface area (Å²) in [5.74, 6) is 5.96. The highest BCUT2D eigenvalue weighted by Gasteiger charge is 2.05. The maximum atomic E-state index is 5.96. The van der Waals surface area contributed by atoms with Crippen molar-refractivity contribution in [1.29, 1.82) is 0 Å². The molecule has 1 aromatic heterocycles. The summed E-state index contributed by atoms with van der Waals surface area (Å²) < 4.78 is 1.69. The van der Waals surface area contributed by atoms with Crippen molar-refractivity contribution >= 4 is 21.8 Å².